The van der Waals surface area contributed by atoms with Gasteiger partial charge in [0.2, 0.25) is 0 Å². The predicted molar refractivity (Wildman–Crippen MR) is 107 cm³/mol. The van der Waals surface area contributed by atoms with E-state index in [9.17, 15) is 4.79 Å². The van der Waals surface area contributed by atoms with Crippen LogP contribution in [-0.4, -0.2) is 34.0 Å². The molecule has 2 aromatic heterocycles. The Morgan fingerprint density at radius 1 is 0.964 bits per heavy atom. The number of ether oxygens (including phenoxy) is 1. The van der Waals surface area contributed by atoms with Gasteiger partial charge in [-0.25, -0.2) is 4.98 Å². The molecular formula is C22H16N4O2. The Labute approximate surface area is 161 Å². The lowest BCUT2D eigenvalue weighted by Gasteiger charge is -2.03. The number of aromatic nitrogens is 3. The van der Waals surface area contributed by atoms with Gasteiger partial charge in [-0.1, -0.05) is 30.0 Å². The molecule has 6 nitrogen and oxygen atoms in total. The number of nitrogens with zero attached hydrogens (tertiary/aromatic N) is 3. The molecule has 0 saturated carbocycles. The lowest BCUT2D eigenvalue weighted by atomic mass is 10.2. The summed E-state index contributed by atoms with van der Waals surface area (Å²) in [6.07, 6.45) is 3.20. The Morgan fingerprint density at radius 3 is 2.79 bits per heavy atom. The van der Waals surface area contributed by atoms with Gasteiger partial charge < -0.3 is 10.1 Å². The van der Waals surface area contributed by atoms with E-state index in [-0.39, 0.29) is 24.8 Å². The summed E-state index contributed by atoms with van der Waals surface area (Å²) in [6.45, 7) is 0.431. The number of nitrogens with one attached hydrogen (secondary N) is 1. The summed E-state index contributed by atoms with van der Waals surface area (Å²) in [5.74, 6) is 6.13. The van der Waals surface area contributed by atoms with Gasteiger partial charge in [-0.2, -0.15) is 0 Å². The van der Waals surface area contributed by atoms with Gasteiger partial charge in [0.15, 0.2) is 0 Å². The van der Waals surface area contributed by atoms with Crippen molar-refractivity contribution in [1.29, 1.82) is 0 Å². The Hall–Kier alpha value is -3.98. The molecule has 2 aromatic carbocycles. The largest absolute Gasteiger partial charge is 0.481 e. The molecular weight excluding hydrogens is 352 g/mol. The molecule has 136 valence electrons. The molecule has 4 aromatic rings. The van der Waals surface area contributed by atoms with Crippen LogP contribution in [0, 0.1) is 11.8 Å². The van der Waals surface area contributed by atoms with Gasteiger partial charge in [0.1, 0.15) is 18.1 Å². The summed E-state index contributed by atoms with van der Waals surface area (Å²) in [5, 5.41) is 3.76. The number of benzene rings is 2. The molecule has 0 atom stereocenters. The molecule has 0 radical (unpaired) electrons. The lowest BCUT2D eigenvalue weighted by molar-refractivity contribution is 0.0953. The Bertz CT molecular complexity index is 1210. The minimum absolute atomic E-state index is 0.204. The highest BCUT2D eigenvalue weighted by molar-refractivity contribution is 5.93. The molecule has 0 aliphatic heterocycles. The normalized spacial score (nSPS) is 10.3. The fourth-order valence-corrected chi connectivity index (χ4v) is 2.65. The summed E-state index contributed by atoms with van der Waals surface area (Å²) in [5.41, 5.74) is 2.57. The Kier molecular flexibility index (Phi) is 5.07. The van der Waals surface area contributed by atoms with Crippen LogP contribution in [0.1, 0.15) is 10.5 Å². The van der Waals surface area contributed by atoms with Crippen LogP contribution >= 0.6 is 0 Å². The van der Waals surface area contributed by atoms with Crippen LogP contribution in [-0.2, 0) is 0 Å². The maximum Gasteiger partial charge on any atom is 0.272 e. The number of para-hydroxylation sites is 2. The highest BCUT2D eigenvalue weighted by Crippen LogP contribution is 2.18. The van der Waals surface area contributed by atoms with Crippen LogP contribution in [0.25, 0.3) is 21.9 Å². The van der Waals surface area contributed by atoms with Gasteiger partial charge in [-0.05, 0) is 30.3 Å². The van der Waals surface area contributed by atoms with Gasteiger partial charge in [-0.3, -0.25) is 14.8 Å². The first kappa shape index (κ1) is 17.4. The van der Waals surface area contributed by atoms with E-state index in [1.165, 1.54) is 6.20 Å². The molecule has 2 heterocycles. The molecule has 0 spiro atoms. The van der Waals surface area contributed by atoms with Crippen molar-refractivity contribution in [3.63, 3.8) is 0 Å². The Morgan fingerprint density at radius 2 is 1.86 bits per heavy atom. The Balaban J connectivity index is 1.28. The second-order valence-electron chi connectivity index (χ2n) is 5.93. The average Bonchev–Trinajstić information content (AvgIpc) is 2.75. The second-order valence-corrected chi connectivity index (χ2v) is 5.93. The van der Waals surface area contributed by atoms with Gasteiger partial charge >= 0.3 is 0 Å². The maximum absolute atomic E-state index is 12.1. The quantitative estimate of drug-likeness (QED) is 0.561. The molecule has 6 heteroatoms. The molecule has 0 aliphatic rings. The summed E-state index contributed by atoms with van der Waals surface area (Å²) < 4.78 is 5.61. The van der Waals surface area contributed by atoms with Crippen LogP contribution in [0.5, 0.6) is 5.75 Å². The summed E-state index contributed by atoms with van der Waals surface area (Å²) in [6, 6.07) is 17.0. The zero-order chi connectivity index (χ0) is 19.2. The molecule has 0 saturated heterocycles. The number of carbonyl (C=O) groups is 1. The maximum atomic E-state index is 12.1. The lowest BCUT2D eigenvalue weighted by Crippen LogP contribution is -2.24. The van der Waals surface area contributed by atoms with Gasteiger partial charge in [0.05, 0.1) is 29.3 Å². The van der Waals surface area contributed by atoms with E-state index in [1.807, 2.05) is 54.6 Å². The van der Waals surface area contributed by atoms with E-state index >= 15 is 0 Å². The standard InChI is InChI=1S/C22H16N4O2/c27-22(21-15-25-18-7-1-2-8-19(18)26-21)24-11-3-4-13-28-17-10-9-16-6-5-12-23-20(16)14-17/h1-2,5-10,12,14-15H,11,13H2,(H,24,27). The minimum atomic E-state index is -0.311. The first-order valence-electron chi connectivity index (χ1n) is 8.73. The molecule has 1 N–H and O–H groups in total. The zero-order valence-corrected chi connectivity index (χ0v) is 14.9. The van der Waals surface area contributed by atoms with Crippen molar-refractivity contribution in [3.05, 3.63) is 72.7 Å². The van der Waals surface area contributed by atoms with Crippen LogP contribution in [0.2, 0.25) is 0 Å². The zero-order valence-electron chi connectivity index (χ0n) is 14.9. The summed E-state index contributed by atoms with van der Waals surface area (Å²) in [7, 11) is 0. The van der Waals surface area contributed by atoms with Gasteiger partial charge in [0.25, 0.3) is 5.91 Å². The number of amides is 1. The van der Waals surface area contributed by atoms with Crippen molar-refractivity contribution < 1.29 is 9.53 Å². The average molecular weight is 368 g/mol. The van der Waals surface area contributed by atoms with Crippen LogP contribution < -0.4 is 10.1 Å². The van der Waals surface area contributed by atoms with Crippen molar-refractivity contribution in [2.75, 3.05) is 13.2 Å². The second kappa shape index (κ2) is 8.14. The van der Waals surface area contributed by atoms with Crippen molar-refractivity contribution in [1.82, 2.24) is 20.3 Å². The van der Waals surface area contributed by atoms with E-state index in [0.717, 1.165) is 16.4 Å². The van der Waals surface area contributed by atoms with E-state index < -0.39 is 0 Å². The van der Waals surface area contributed by atoms with Crippen molar-refractivity contribution in [2.24, 2.45) is 0 Å². The van der Waals surface area contributed by atoms with E-state index in [0.29, 0.717) is 11.3 Å². The number of carbonyl (C=O) groups excluding carboxylic acids is 1. The van der Waals surface area contributed by atoms with Crippen LogP contribution in [0.15, 0.2) is 67.0 Å². The third kappa shape index (κ3) is 4.05. The number of fused-ring (bicyclic) bond motifs is 2. The molecule has 28 heavy (non-hydrogen) atoms. The number of hydrogen-bond acceptors (Lipinski definition) is 5. The topological polar surface area (TPSA) is 77.0 Å². The summed E-state index contributed by atoms with van der Waals surface area (Å²) in [4.78, 5) is 25.0. The molecule has 0 fully saturated rings. The van der Waals surface area contributed by atoms with Crippen molar-refractivity contribution in [2.45, 2.75) is 0 Å². The third-order valence-corrected chi connectivity index (χ3v) is 4.03. The fourth-order valence-electron chi connectivity index (χ4n) is 2.65. The third-order valence-electron chi connectivity index (χ3n) is 4.03. The molecule has 4 rings (SSSR count). The minimum Gasteiger partial charge on any atom is -0.481 e. The fraction of sp³-hybridized carbons (Fsp3) is 0.0909. The van der Waals surface area contributed by atoms with Crippen LogP contribution in [0.3, 0.4) is 0 Å². The first-order chi connectivity index (χ1) is 13.8. The molecule has 1 amide bonds. The van der Waals surface area contributed by atoms with Gasteiger partial charge in [0, 0.05) is 17.6 Å². The smallest absolute Gasteiger partial charge is 0.272 e. The van der Waals surface area contributed by atoms with Crippen molar-refractivity contribution in [3.8, 4) is 17.6 Å². The predicted octanol–water partition coefficient (Wildman–Crippen LogP) is 2.99. The number of hydrogen-bond donors (Lipinski definition) is 1. The van der Waals surface area contributed by atoms with Crippen molar-refractivity contribution >= 4 is 27.8 Å². The van der Waals surface area contributed by atoms with E-state index in [2.05, 4.69) is 32.1 Å². The molecule has 0 aliphatic carbocycles. The molecule has 0 bridgehead atoms. The summed E-state index contributed by atoms with van der Waals surface area (Å²) >= 11 is 0. The highest BCUT2D eigenvalue weighted by Gasteiger charge is 2.07. The van der Waals surface area contributed by atoms with Crippen LogP contribution in [0.4, 0.5) is 0 Å². The van der Waals surface area contributed by atoms with E-state index in [1.54, 1.807) is 6.20 Å². The molecule has 0 unspecified atom stereocenters. The monoisotopic (exact) mass is 368 g/mol. The number of rotatable bonds is 4. The first-order valence-corrected chi connectivity index (χ1v) is 8.73. The SMILES string of the molecule is O=C(NCC#CCOc1ccc2cccnc2c1)c1cnc2ccccc2n1. The van der Waals surface area contributed by atoms with Gasteiger partial charge in [-0.15, -0.1) is 0 Å². The van der Waals surface area contributed by atoms with E-state index in [4.69, 9.17) is 4.74 Å². The highest BCUT2D eigenvalue weighted by atomic mass is 16.5. The number of pyridine rings is 1.